The Bertz CT molecular complexity index is 1160. The third-order valence-electron chi connectivity index (χ3n) is 5.29. The quantitative estimate of drug-likeness (QED) is 0.486. The minimum Gasteiger partial charge on any atom is -0.364 e. The van der Waals surface area contributed by atoms with Crippen LogP contribution < -0.4 is 11.1 Å². The third-order valence-corrected chi connectivity index (χ3v) is 5.58. The first-order valence-corrected chi connectivity index (χ1v) is 10.6. The summed E-state index contributed by atoms with van der Waals surface area (Å²) in [6, 6.07) is 11.6. The lowest BCUT2D eigenvalue weighted by molar-refractivity contribution is -0.123. The fourth-order valence-corrected chi connectivity index (χ4v) is 3.73. The number of nitrogens with two attached hydrogens (primary N) is 1. The van der Waals surface area contributed by atoms with Crippen molar-refractivity contribution in [2.24, 2.45) is 11.7 Å². The summed E-state index contributed by atoms with van der Waals surface area (Å²) in [5.74, 6) is -1.77. The number of carbonyl (C=O) groups is 3. The van der Waals surface area contributed by atoms with Gasteiger partial charge in [-0.3, -0.25) is 19.1 Å². The van der Waals surface area contributed by atoms with Gasteiger partial charge in [0.2, 0.25) is 5.91 Å². The number of fused-ring (bicyclic) bond motifs is 1. The van der Waals surface area contributed by atoms with Gasteiger partial charge < -0.3 is 11.1 Å². The van der Waals surface area contributed by atoms with E-state index in [-0.39, 0.29) is 53.3 Å². The molecule has 0 fully saturated rings. The highest BCUT2D eigenvalue weighted by Crippen LogP contribution is 2.20. The standard InChI is InChI=1S/C23H24ClFN4O3/c1-2-14(10-16(30)11-15-6-5-8-18(24)21(15)25)12-27-20(31)13-29-19-9-4-3-7-17(19)22(28-29)23(26)32/h3-9,14H,2,10-13H2,1H3,(H2,26,32)(H,27,31). The van der Waals surface area contributed by atoms with E-state index in [0.29, 0.717) is 23.9 Å². The predicted molar refractivity (Wildman–Crippen MR) is 120 cm³/mol. The first-order valence-electron chi connectivity index (χ1n) is 10.3. The van der Waals surface area contributed by atoms with Crippen molar-refractivity contribution < 1.29 is 18.8 Å². The van der Waals surface area contributed by atoms with E-state index in [2.05, 4.69) is 10.4 Å². The normalized spacial score (nSPS) is 12.0. The molecule has 0 bridgehead atoms. The van der Waals surface area contributed by atoms with Crippen LogP contribution in [-0.4, -0.2) is 33.9 Å². The van der Waals surface area contributed by atoms with Crippen molar-refractivity contribution in [1.82, 2.24) is 15.1 Å². The number of para-hydroxylation sites is 1. The van der Waals surface area contributed by atoms with Gasteiger partial charge >= 0.3 is 0 Å². The van der Waals surface area contributed by atoms with Gasteiger partial charge in [0.25, 0.3) is 5.91 Å². The van der Waals surface area contributed by atoms with Crippen LogP contribution in [0.25, 0.3) is 10.9 Å². The molecule has 3 rings (SSSR count). The van der Waals surface area contributed by atoms with E-state index in [0.717, 1.165) is 0 Å². The maximum atomic E-state index is 14.0. The minimum absolute atomic E-state index is 0.0137. The van der Waals surface area contributed by atoms with Crippen molar-refractivity contribution in [3.05, 3.63) is 64.6 Å². The molecule has 0 saturated heterocycles. The summed E-state index contributed by atoms with van der Waals surface area (Å²) in [4.78, 5) is 36.5. The molecule has 0 spiro atoms. The van der Waals surface area contributed by atoms with Gasteiger partial charge in [-0.15, -0.1) is 0 Å². The number of carbonyl (C=O) groups excluding carboxylic acids is 3. The van der Waals surface area contributed by atoms with Gasteiger partial charge in [-0.2, -0.15) is 5.10 Å². The van der Waals surface area contributed by atoms with Crippen molar-refractivity contribution in [1.29, 1.82) is 0 Å². The van der Waals surface area contributed by atoms with E-state index in [9.17, 15) is 18.8 Å². The van der Waals surface area contributed by atoms with Crippen LogP contribution in [0, 0.1) is 11.7 Å². The summed E-state index contributed by atoms with van der Waals surface area (Å²) in [5.41, 5.74) is 6.38. The highest BCUT2D eigenvalue weighted by atomic mass is 35.5. The molecule has 0 saturated carbocycles. The fourth-order valence-electron chi connectivity index (χ4n) is 3.53. The number of hydrogen-bond acceptors (Lipinski definition) is 4. The van der Waals surface area contributed by atoms with Gasteiger partial charge in [-0.1, -0.05) is 55.3 Å². The minimum atomic E-state index is -0.666. The smallest absolute Gasteiger partial charge is 0.269 e. The lowest BCUT2D eigenvalue weighted by Gasteiger charge is -2.15. The molecule has 32 heavy (non-hydrogen) atoms. The zero-order chi connectivity index (χ0) is 23.3. The zero-order valence-electron chi connectivity index (χ0n) is 17.6. The maximum absolute atomic E-state index is 14.0. The Morgan fingerprint density at radius 2 is 1.94 bits per heavy atom. The molecule has 2 amide bonds. The van der Waals surface area contributed by atoms with Crippen LogP contribution in [-0.2, 0) is 22.6 Å². The number of Topliss-reactive ketones (excluding diaryl/α,β-unsaturated/α-hetero) is 1. The van der Waals surface area contributed by atoms with Crippen LogP contribution in [0.15, 0.2) is 42.5 Å². The van der Waals surface area contributed by atoms with Crippen molar-refractivity contribution in [2.45, 2.75) is 32.7 Å². The highest BCUT2D eigenvalue weighted by Gasteiger charge is 2.18. The SMILES string of the molecule is CCC(CNC(=O)Cn1nc(C(N)=O)c2ccccc21)CC(=O)Cc1cccc(Cl)c1F. The van der Waals surface area contributed by atoms with E-state index in [1.165, 1.54) is 16.8 Å². The first-order chi connectivity index (χ1) is 15.3. The van der Waals surface area contributed by atoms with Gasteiger partial charge in [0, 0.05) is 24.8 Å². The number of nitrogens with zero attached hydrogens (tertiary/aromatic N) is 2. The monoisotopic (exact) mass is 458 g/mol. The molecule has 1 atom stereocenters. The highest BCUT2D eigenvalue weighted by molar-refractivity contribution is 6.30. The Morgan fingerprint density at radius 1 is 1.19 bits per heavy atom. The van der Waals surface area contributed by atoms with Crippen LogP contribution in [0.1, 0.15) is 35.8 Å². The number of benzene rings is 2. The van der Waals surface area contributed by atoms with Gasteiger partial charge in [-0.05, 0) is 23.6 Å². The lowest BCUT2D eigenvalue weighted by Crippen LogP contribution is -2.33. The molecule has 7 nitrogen and oxygen atoms in total. The van der Waals surface area contributed by atoms with E-state index >= 15 is 0 Å². The van der Waals surface area contributed by atoms with Gasteiger partial charge in [-0.25, -0.2) is 4.39 Å². The van der Waals surface area contributed by atoms with Crippen LogP contribution >= 0.6 is 11.6 Å². The molecule has 0 aliphatic carbocycles. The Hall–Kier alpha value is -3.26. The molecule has 3 N–H and O–H groups in total. The van der Waals surface area contributed by atoms with Crippen molar-refractivity contribution >= 4 is 40.1 Å². The molecule has 1 aromatic heterocycles. The number of hydrogen-bond donors (Lipinski definition) is 2. The first kappa shape index (κ1) is 23.4. The average Bonchev–Trinajstić information content (AvgIpc) is 3.13. The molecule has 0 aliphatic rings. The molecule has 2 aromatic carbocycles. The summed E-state index contributed by atoms with van der Waals surface area (Å²) in [7, 11) is 0. The molecular formula is C23H24ClFN4O3. The van der Waals surface area contributed by atoms with Crippen LogP contribution in [0.5, 0.6) is 0 Å². The van der Waals surface area contributed by atoms with Crippen molar-refractivity contribution in [3.63, 3.8) is 0 Å². The van der Waals surface area contributed by atoms with Gasteiger partial charge in [0.1, 0.15) is 18.1 Å². The van der Waals surface area contributed by atoms with Crippen LogP contribution in [0.2, 0.25) is 5.02 Å². The second kappa shape index (κ2) is 10.4. The second-order valence-electron chi connectivity index (χ2n) is 7.60. The molecule has 168 valence electrons. The summed E-state index contributed by atoms with van der Waals surface area (Å²) >= 11 is 5.77. The van der Waals surface area contributed by atoms with Crippen LogP contribution in [0.4, 0.5) is 4.39 Å². The summed E-state index contributed by atoms with van der Waals surface area (Å²) in [6.45, 7) is 2.12. The number of rotatable bonds is 10. The Morgan fingerprint density at radius 3 is 2.66 bits per heavy atom. The van der Waals surface area contributed by atoms with Crippen LogP contribution in [0.3, 0.4) is 0 Å². The average molecular weight is 459 g/mol. The Kier molecular flexibility index (Phi) is 7.58. The Balaban J connectivity index is 1.58. The fraction of sp³-hybridized carbons (Fsp3) is 0.304. The lowest BCUT2D eigenvalue weighted by atomic mass is 9.96. The van der Waals surface area contributed by atoms with Crippen molar-refractivity contribution in [2.75, 3.05) is 6.54 Å². The summed E-state index contributed by atoms with van der Waals surface area (Å²) in [6.07, 6.45) is 0.825. The largest absolute Gasteiger partial charge is 0.364 e. The van der Waals surface area contributed by atoms with E-state index in [1.54, 1.807) is 30.3 Å². The van der Waals surface area contributed by atoms with E-state index in [4.69, 9.17) is 17.3 Å². The predicted octanol–water partition coefficient (Wildman–Crippen LogP) is 3.27. The summed E-state index contributed by atoms with van der Waals surface area (Å²) in [5, 5.41) is 7.55. The number of aromatic nitrogens is 2. The molecular weight excluding hydrogens is 435 g/mol. The third kappa shape index (κ3) is 5.50. The second-order valence-corrected chi connectivity index (χ2v) is 8.01. The number of primary amides is 1. The molecule has 1 heterocycles. The maximum Gasteiger partial charge on any atom is 0.269 e. The molecule has 9 heteroatoms. The number of nitrogens with one attached hydrogen (secondary N) is 1. The Labute approximate surface area is 189 Å². The van der Waals surface area contributed by atoms with E-state index in [1.807, 2.05) is 6.92 Å². The molecule has 1 unspecified atom stereocenters. The molecule has 0 radical (unpaired) electrons. The number of halogens is 2. The van der Waals surface area contributed by atoms with Gasteiger partial charge in [0.05, 0.1) is 10.5 Å². The van der Waals surface area contributed by atoms with Gasteiger partial charge in [0.15, 0.2) is 5.69 Å². The molecule has 3 aromatic rings. The number of ketones is 1. The van der Waals surface area contributed by atoms with Crippen molar-refractivity contribution in [3.8, 4) is 0 Å². The topological polar surface area (TPSA) is 107 Å². The zero-order valence-corrected chi connectivity index (χ0v) is 18.4. The molecule has 0 aliphatic heterocycles. The van der Waals surface area contributed by atoms with E-state index < -0.39 is 11.7 Å². The summed E-state index contributed by atoms with van der Waals surface area (Å²) < 4.78 is 15.5. The number of amides is 2.